The van der Waals surface area contributed by atoms with Crippen LogP contribution in [0.5, 0.6) is 46.0 Å². The number of Topliss-reactive ketones (excluding diaryl/α,β-unsaturated/α-hetero) is 1. The maximum absolute atomic E-state index is 14.7. The summed E-state index contributed by atoms with van der Waals surface area (Å²) >= 11 is 22.5. The van der Waals surface area contributed by atoms with Gasteiger partial charge in [0.05, 0.1) is 28.4 Å². The summed E-state index contributed by atoms with van der Waals surface area (Å²) in [6.45, 7) is 1.40. The number of pyridine rings is 4. The molecular weight excluding hydrogens is 1840 g/mol. The number of hydrogen-bond acceptors (Lipinski definition) is 18. The summed E-state index contributed by atoms with van der Waals surface area (Å²) in [5.74, 6) is -14.6. The third-order valence-corrected chi connectivity index (χ3v) is 20.9. The van der Waals surface area contributed by atoms with Gasteiger partial charge in [-0.3, -0.25) is 48.1 Å². The first-order valence-electron chi connectivity index (χ1n) is 38.9. The van der Waals surface area contributed by atoms with Gasteiger partial charge in [0, 0.05) is 127 Å². The second-order valence-corrected chi connectivity index (χ2v) is 31.1. The average molecular weight is 1910 g/mol. The Morgan fingerprint density at radius 1 is 0.311 bits per heavy atom. The fourth-order valence-corrected chi connectivity index (χ4v) is 12.8. The molecule has 16 rings (SSSR count). The number of nitrogens with two attached hydrogens (primary N) is 1. The van der Waals surface area contributed by atoms with E-state index in [0.717, 1.165) is 84.9 Å². The Morgan fingerprint density at radius 2 is 0.553 bits per heavy atom. The van der Waals surface area contributed by atoms with E-state index in [-0.39, 0.29) is 106 Å². The fourth-order valence-electron chi connectivity index (χ4n) is 12.0. The Kier molecular flexibility index (Phi) is 30.5. The maximum atomic E-state index is 14.7. The van der Waals surface area contributed by atoms with Gasteiger partial charge in [0.15, 0.2) is 63.7 Å². The van der Waals surface area contributed by atoms with Crippen LogP contribution >= 0.6 is 46.4 Å². The van der Waals surface area contributed by atoms with Gasteiger partial charge in [-0.25, -0.2) is 67.6 Å². The Labute approximate surface area is 760 Å². The van der Waals surface area contributed by atoms with Gasteiger partial charge >= 0.3 is 0 Å². The highest BCUT2D eigenvalue weighted by Crippen LogP contribution is 2.52. The van der Waals surface area contributed by atoms with E-state index in [2.05, 4.69) is 57.2 Å². The molecule has 0 bridgehead atoms. The van der Waals surface area contributed by atoms with E-state index in [1.807, 2.05) is 0 Å². The molecule has 4 aromatic heterocycles. The number of hydrogen-bond donors (Lipinski definition) is 8. The minimum absolute atomic E-state index is 0.0650. The van der Waals surface area contributed by atoms with Crippen molar-refractivity contribution in [1.82, 2.24) is 19.9 Å². The molecule has 132 heavy (non-hydrogen) atoms. The lowest BCUT2D eigenvalue weighted by atomic mass is 10.0. The predicted octanol–water partition coefficient (Wildman–Crippen LogP) is 21.1. The molecule has 4 heterocycles. The third-order valence-electron chi connectivity index (χ3n) is 19.9. The maximum Gasteiger partial charge on any atom is 0.240 e. The normalized spacial score (nSPS) is 13.7. The molecule has 680 valence electrons. The van der Waals surface area contributed by atoms with Crippen molar-refractivity contribution >= 4 is 144 Å². The molecule has 0 unspecified atom stereocenters. The predicted molar refractivity (Wildman–Crippen MR) is 460 cm³/mol. The van der Waals surface area contributed by atoms with E-state index in [4.69, 9.17) is 71.1 Å². The smallest absolute Gasteiger partial charge is 0.240 e. The highest BCUT2D eigenvalue weighted by Gasteiger charge is 2.59. The van der Waals surface area contributed by atoms with E-state index in [1.54, 1.807) is 0 Å². The second-order valence-electron chi connectivity index (χ2n) is 29.6. The van der Waals surface area contributed by atoms with Gasteiger partial charge < -0.3 is 61.9 Å². The molecule has 4 fully saturated rings. The van der Waals surface area contributed by atoms with Gasteiger partial charge in [-0.05, 0) is 191 Å². The van der Waals surface area contributed by atoms with E-state index >= 15 is 0 Å². The molecule has 12 aromatic rings. The summed E-state index contributed by atoms with van der Waals surface area (Å²) in [5.41, 5.74) is 0.0678. The molecule has 4 aliphatic carbocycles. The van der Waals surface area contributed by atoms with Crippen LogP contribution in [0.3, 0.4) is 0 Å². The van der Waals surface area contributed by atoms with Gasteiger partial charge in [0.25, 0.3) is 0 Å². The van der Waals surface area contributed by atoms with E-state index < -0.39 is 167 Å². The zero-order valence-corrected chi connectivity index (χ0v) is 70.9. The molecule has 41 heteroatoms. The van der Waals surface area contributed by atoms with Crippen molar-refractivity contribution in [1.29, 1.82) is 0 Å². The molecule has 9 N–H and O–H groups in total. The molecular formula is C91H66Cl4F12N12O13. The van der Waals surface area contributed by atoms with Gasteiger partial charge in [0.2, 0.25) is 46.6 Å². The molecule has 7 amide bonds. The van der Waals surface area contributed by atoms with Crippen LogP contribution in [0.25, 0.3) is 0 Å². The third kappa shape index (κ3) is 25.0. The first-order chi connectivity index (χ1) is 62.8. The van der Waals surface area contributed by atoms with Crippen molar-refractivity contribution in [3.8, 4) is 46.0 Å². The zero-order chi connectivity index (χ0) is 95.1. The van der Waals surface area contributed by atoms with E-state index in [9.17, 15) is 95.8 Å². The number of ketones is 1. The summed E-state index contributed by atoms with van der Waals surface area (Å²) in [7, 11) is 0. The van der Waals surface area contributed by atoms with E-state index in [1.165, 1.54) is 141 Å². The number of halogens is 16. The number of amides is 7. The van der Waals surface area contributed by atoms with Crippen LogP contribution in [0, 0.1) is 91.5 Å². The number of nitrogens with one attached hydrogen (secondary N) is 7. The summed E-state index contributed by atoms with van der Waals surface area (Å²) in [6, 6.07) is 37.9. The molecule has 0 atom stereocenters. The zero-order valence-electron chi connectivity index (χ0n) is 67.9. The number of benzene rings is 8. The molecule has 0 aliphatic heterocycles. The Balaban J connectivity index is 0.000000153. The van der Waals surface area contributed by atoms with Crippen molar-refractivity contribution in [3.05, 3.63) is 310 Å². The summed E-state index contributed by atoms with van der Waals surface area (Å²) < 4.78 is 187. The highest BCUT2D eigenvalue weighted by atomic mass is 35.5. The van der Waals surface area contributed by atoms with Crippen LogP contribution in [-0.4, -0.2) is 72.3 Å². The molecule has 8 aromatic carbocycles. The van der Waals surface area contributed by atoms with Gasteiger partial charge in [0.1, 0.15) is 95.0 Å². The monoisotopic (exact) mass is 1900 g/mol. The number of aromatic nitrogens is 4. The van der Waals surface area contributed by atoms with E-state index in [0.29, 0.717) is 41.3 Å². The number of carbonyl (C=O) groups excluding carboxylic acids is 9. The number of anilines is 8. The fraction of sp³-hybridized carbons (Fsp3) is 0.154. The number of nitrogen functional groups attached to an aromatic ring is 1. The van der Waals surface area contributed by atoms with Gasteiger partial charge in [-0.2, -0.15) is 0 Å². The lowest BCUT2D eigenvalue weighted by molar-refractivity contribution is -0.132. The molecule has 4 saturated carbocycles. The van der Waals surface area contributed by atoms with Crippen LogP contribution in [0.15, 0.2) is 219 Å². The van der Waals surface area contributed by atoms with Crippen LogP contribution < -0.4 is 61.9 Å². The van der Waals surface area contributed by atoms with Crippen molar-refractivity contribution in [2.45, 2.75) is 64.7 Å². The SMILES string of the molecule is CC(=O)Cc1cc(Oc2cc(F)c(NC(=O)C3(C(=O)Nc4ccc(F)cc4)CC3)cc2F)ccn1.Nc1cc(F)c(Oc2ccnc(Cl)c2)cc1F.O=C(Cl)C1(C(=O)Nc2ccc(F)cc2)CC1.O=C(Nc1ccc(F)cc1)C1(C(=O)Nc2cc(F)c(Oc3ccnc(Cl)c3)cc2F)CC1.O=C(Nc1ccc(F)cc1)C1(C(=O)Nc2cc(F)c(Oc3ccnc(Cl)c3)cc2F)CC1. The van der Waals surface area contributed by atoms with Crippen LogP contribution in [0.1, 0.15) is 64.0 Å². The van der Waals surface area contributed by atoms with Crippen LogP contribution in [0.2, 0.25) is 15.5 Å². The van der Waals surface area contributed by atoms with Crippen molar-refractivity contribution in [2.24, 2.45) is 21.7 Å². The number of rotatable bonds is 25. The van der Waals surface area contributed by atoms with Crippen LogP contribution in [0.4, 0.5) is 98.2 Å². The summed E-state index contributed by atoms with van der Waals surface area (Å²) in [5, 5.41) is 16.7. The van der Waals surface area contributed by atoms with Crippen LogP contribution in [-0.2, 0) is 49.6 Å². The Hall–Kier alpha value is -14.7. The topological polar surface area (TPSA) is 352 Å². The van der Waals surface area contributed by atoms with Gasteiger partial charge in [-0.15, -0.1) is 0 Å². The lowest BCUT2D eigenvalue weighted by Crippen LogP contribution is -2.35. The number of carbonyl (C=O) groups is 9. The summed E-state index contributed by atoms with van der Waals surface area (Å²) in [4.78, 5) is 125. The van der Waals surface area contributed by atoms with Crippen molar-refractivity contribution in [2.75, 3.05) is 43.0 Å². The van der Waals surface area contributed by atoms with Crippen molar-refractivity contribution < 1.29 is 115 Å². The minimum Gasteiger partial charge on any atom is -0.454 e. The lowest BCUT2D eigenvalue weighted by Gasteiger charge is -2.16. The van der Waals surface area contributed by atoms with Gasteiger partial charge in [-0.1, -0.05) is 34.8 Å². The largest absolute Gasteiger partial charge is 0.454 e. The number of nitrogens with zero attached hydrogens (tertiary/aromatic N) is 4. The van der Waals surface area contributed by atoms with Crippen molar-refractivity contribution in [3.63, 3.8) is 0 Å². The Bertz CT molecular complexity index is 6240. The quantitative estimate of drug-likeness (QED) is 0.00866. The standard InChI is InChI=1S/C25H20F3N3O4.2C22H15ClF3N3O3.C11H7ClF2N2O.C11H9ClFNO2/c1-14(32)10-17-11-18(6-9-29-17)35-22-13-19(27)21(12-20(22)28)31-24(34)25(7-8-25)23(33)30-16-4-2-15(26)3-5-16;2*23-19-9-14(5-8-27-19)32-18-11-15(25)17(10-16(18)26)29-21(31)22(6-7-22)20(30)28-13-3-1-12(24)2-4-13;12-11-3-6(1-2-16-11)17-10-5-7(13)9(15)4-8(10)14;12-9(15)11(5-6-11)10(16)14-8-3-1-7(13)2-4-8/h2-6,9,11-13H,7-8,10H2,1H3,(H,30,33)(H,31,34);2*1-5,8-11H,6-7H2,(H,28,30)(H,29,31);1-5H,15H2;1-4H,5-6H2,(H,14,16). The second kappa shape index (κ2) is 41.8. The minimum atomic E-state index is -1.43. The molecule has 4 aliphatic rings. The Morgan fingerprint density at radius 3 is 0.811 bits per heavy atom. The molecule has 0 radical (unpaired) electrons. The molecule has 25 nitrogen and oxygen atoms in total. The number of ether oxygens (including phenoxy) is 4. The molecule has 0 spiro atoms. The first kappa shape index (κ1) is 96.4. The highest BCUT2D eigenvalue weighted by molar-refractivity contribution is 6.67. The average Bonchev–Trinajstić information content (AvgIpc) is 1.62. The summed E-state index contributed by atoms with van der Waals surface area (Å²) in [6.07, 6.45) is 7.86. The molecule has 0 saturated heterocycles. The first-order valence-corrected chi connectivity index (χ1v) is 40.5.